The lowest BCUT2D eigenvalue weighted by Crippen LogP contribution is -2.09. The molecule has 0 fully saturated rings. The highest BCUT2D eigenvalue weighted by Gasteiger charge is 2.31. The molecule has 20 heavy (non-hydrogen) atoms. The van der Waals surface area contributed by atoms with E-state index in [0.717, 1.165) is 24.1 Å². The number of nitrogens with two attached hydrogens (primary N) is 1. The predicted octanol–water partition coefficient (Wildman–Crippen LogP) is 3.23. The van der Waals surface area contributed by atoms with Crippen molar-refractivity contribution in [1.29, 1.82) is 0 Å². The topological polar surface area (TPSA) is 51.8 Å². The summed E-state index contributed by atoms with van der Waals surface area (Å²) in [4.78, 5) is 8.13. The summed E-state index contributed by atoms with van der Waals surface area (Å²) in [5.74, 6) is -0.139. The molecule has 0 aromatic carbocycles. The van der Waals surface area contributed by atoms with Gasteiger partial charge in [0, 0.05) is 24.0 Å². The van der Waals surface area contributed by atoms with E-state index in [1.54, 1.807) is 12.3 Å². The fourth-order valence-corrected chi connectivity index (χ4v) is 1.82. The van der Waals surface area contributed by atoms with Crippen molar-refractivity contribution in [3.05, 3.63) is 53.0 Å². The zero-order valence-corrected chi connectivity index (χ0v) is 10.9. The third kappa shape index (κ3) is 3.46. The number of anilines is 1. The molecule has 0 amide bonds. The number of pyridine rings is 2. The van der Waals surface area contributed by atoms with Crippen LogP contribution in [-0.2, 0) is 19.0 Å². The van der Waals surface area contributed by atoms with E-state index in [2.05, 4.69) is 9.97 Å². The Hall–Kier alpha value is -2.11. The average Bonchev–Trinajstić information content (AvgIpc) is 2.38. The first kappa shape index (κ1) is 14.3. The highest BCUT2D eigenvalue weighted by Crippen LogP contribution is 2.30. The summed E-state index contributed by atoms with van der Waals surface area (Å²) >= 11 is 0. The Kier molecular flexibility index (Phi) is 3.92. The van der Waals surface area contributed by atoms with Gasteiger partial charge in [0.2, 0.25) is 0 Å². The molecule has 0 saturated carbocycles. The van der Waals surface area contributed by atoms with Gasteiger partial charge in [0.25, 0.3) is 0 Å². The van der Waals surface area contributed by atoms with Gasteiger partial charge in [-0.1, -0.05) is 13.0 Å². The molecule has 2 heterocycles. The number of halogens is 3. The zero-order valence-electron chi connectivity index (χ0n) is 10.9. The van der Waals surface area contributed by atoms with Crippen molar-refractivity contribution in [3.8, 4) is 0 Å². The van der Waals surface area contributed by atoms with Crippen LogP contribution in [0.2, 0.25) is 0 Å². The minimum Gasteiger partial charge on any atom is -0.384 e. The molecule has 0 aliphatic rings. The quantitative estimate of drug-likeness (QED) is 0.939. The molecule has 0 bridgehead atoms. The van der Waals surface area contributed by atoms with E-state index in [1.807, 2.05) is 13.0 Å². The minimum atomic E-state index is -4.43. The Morgan fingerprint density at radius 1 is 1.15 bits per heavy atom. The van der Waals surface area contributed by atoms with E-state index in [1.165, 1.54) is 0 Å². The molecule has 2 N–H and O–H groups in total. The number of alkyl halides is 3. The monoisotopic (exact) mass is 281 g/mol. The van der Waals surface area contributed by atoms with Gasteiger partial charge in [-0.15, -0.1) is 0 Å². The summed E-state index contributed by atoms with van der Waals surface area (Å²) in [6.45, 7) is 2.01. The van der Waals surface area contributed by atoms with E-state index in [-0.39, 0.29) is 17.9 Å². The van der Waals surface area contributed by atoms with Gasteiger partial charge in [0.1, 0.15) is 5.82 Å². The fourth-order valence-electron chi connectivity index (χ4n) is 1.82. The summed E-state index contributed by atoms with van der Waals surface area (Å²) < 4.78 is 38.1. The van der Waals surface area contributed by atoms with Gasteiger partial charge in [-0.2, -0.15) is 13.2 Å². The molecular formula is C14H14F3N3. The SMILES string of the molecule is CCc1ccc(Cc2cc(C(F)(F)F)cc(N)n2)nc1. The highest BCUT2D eigenvalue weighted by molar-refractivity contribution is 5.37. The van der Waals surface area contributed by atoms with Gasteiger partial charge in [0.05, 0.1) is 5.56 Å². The third-order valence-electron chi connectivity index (χ3n) is 2.88. The molecule has 2 rings (SSSR count). The van der Waals surface area contributed by atoms with Crippen LogP contribution in [0.25, 0.3) is 0 Å². The van der Waals surface area contributed by atoms with Crippen molar-refractivity contribution in [2.75, 3.05) is 5.73 Å². The van der Waals surface area contributed by atoms with Crippen molar-refractivity contribution >= 4 is 5.82 Å². The first-order valence-electron chi connectivity index (χ1n) is 6.16. The molecule has 0 spiro atoms. The number of nitrogen functional groups attached to an aromatic ring is 1. The second kappa shape index (κ2) is 5.48. The number of rotatable bonds is 3. The van der Waals surface area contributed by atoms with Crippen LogP contribution in [0.5, 0.6) is 0 Å². The van der Waals surface area contributed by atoms with E-state index in [0.29, 0.717) is 5.69 Å². The van der Waals surface area contributed by atoms with Gasteiger partial charge in [0.15, 0.2) is 0 Å². The van der Waals surface area contributed by atoms with E-state index >= 15 is 0 Å². The first-order valence-corrected chi connectivity index (χ1v) is 6.16. The largest absolute Gasteiger partial charge is 0.416 e. The number of hydrogen-bond acceptors (Lipinski definition) is 3. The Labute approximate surface area is 114 Å². The molecular weight excluding hydrogens is 267 g/mol. The summed E-state index contributed by atoms with van der Waals surface area (Å²) in [5, 5.41) is 0. The molecule has 0 aliphatic carbocycles. The highest BCUT2D eigenvalue weighted by atomic mass is 19.4. The summed E-state index contributed by atoms with van der Waals surface area (Å²) in [6.07, 6.45) is -1.63. The Bertz CT molecular complexity index is 592. The zero-order chi connectivity index (χ0) is 14.8. The maximum absolute atomic E-state index is 12.7. The van der Waals surface area contributed by atoms with Gasteiger partial charge in [-0.25, -0.2) is 4.98 Å². The smallest absolute Gasteiger partial charge is 0.384 e. The van der Waals surface area contributed by atoms with Crippen LogP contribution in [-0.4, -0.2) is 9.97 Å². The lowest BCUT2D eigenvalue weighted by molar-refractivity contribution is -0.137. The first-order chi connectivity index (χ1) is 9.38. The summed E-state index contributed by atoms with van der Waals surface area (Å²) in [5.41, 5.74) is 6.63. The summed E-state index contributed by atoms with van der Waals surface area (Å²) in [7, 11) is 0. The van der Waals surface area contributed by atoms with Crippen LogP contribution in [0.4, 0.5) is 19.0 Å². The van der Waals surface area contributed by atoms with Crippen LogP contribution in [0.15, 0.2) is 30.5 Å². The number of aromatic nitrogens is 2. The van der Waals surface area contributed by atoms with Crippen LogP contribution in [0.3, 0.4) is 0 Å². The Balaban J connectivity index is 2.26. The van der Waals surface area contributed by atoms with Gasteiger partial charge in [-0.3, -0.25) is 4.98 Å². The Morgan fingerprint density at radius 2 is 1.90 bits per heavy atom. The van der Waals surface area contributed by atoms with Crippen LogP contribution in [0, 0.1) is 0 Å². The van der Waals surface area contributed by atoms with Crippen molar-refractivity contribution in [1.82, 2.24) is 9.97 Å². The fraction of sp³-hybridized carbons (Fsp3) is 0.286. The second-order valence-corrected chi connectivity index (χ2v) is 4.46. The van der Waals surface area contributed by atoms with Gasteiger partial charge >= 0.3 is 6.18 Å². The van der Waals surface area contributed by atoms with Gasteiger partial charge in [-0.05, 0) is 30.2 Å². The van der Waals surface area contributed by atoms with Crippen LogP contribution >= 0.6 is 0 Å². The van der Waals surface area contributed by atoms with Crippen molar-refractivity contribution < 1.29 is 13.2 Å². The molecule has 0 atom stereocenters. The lowest BCUT2D eigenvalue weighted by Gasteiger charge is -2.09. The van der Waals surface area contributed by atoms with Crippen molar-refractivity contribution in [2.45, 2.75) is 25.9 Å². The maximum Gasteiger partial charge on any atom is 0.416 e. The third-order valence-corrected chi connectivity index (χ3v) is 2.88. The molecule has 0 unspecified atom stereocenters. The summed E-state index contributed by atoms with van der Waals surface area (Å²) in [6, 6.07) is 5.53. The minimum absolute atomic E-state index is 0.139. The number of nitrogens with zero attached hydrogens (tertiary/aromatic N) is 2. The van der Waals surface area contributed by atoms with Crippen LogP contribution in [0.1, 0.15) is 29.4 Å². The van der Waals surface area contributed by atoms with E-state index < -0.39 is 11.7 Å². The molecule has 2 aromatic heterocycles. The molecule has 0 aliphatic heterocycles. The van der Waals surface area contributed by atoms with Crippen molar-refractivity contribution in [2.24, 2.45) is 0 Å². The number of hydrogen-bond donors (Lipinski definition) is 1. The Morgan fingerprint density at radius 3 is 2.45 bits per heavy atom. The molecule has 3 nitrogen and oxygen atoms in total. The average molecular weight is 281 g/mol. The second-order valence-electron chi connectivity index (χ2n) is 4.46. The van der Waals surface area contributed by atoms with E-state index in [9.17, 15) is 13.2 Å². The molecule has 2 aromatic rings. The molecule has 106 valence electrons. The molecule has 6 heteroatoms. The van der Waals surface area contributed by atoms with Crippen molar-refractivity contribution in [3.63, 3.8) is 0 Å². The van der Waals surface area contributed by atoms with Crippen LogP contribution < -0.4 is 5.73 Å². The normalized spacial score (nSPS) is 11.6. The number of aryl methyl sites for hydroxylation is 1. The molecule has 0 saturated heterocycles. The maximum atomic E-state index is 12.7. The lowest BCUT2D eigenvalue weighted by atomic mass is 10.1. The van der Waals surface area contributed by atoms with Gasteiger partial charge < -0.3 is 5.73 Å². The molecule has 0 radical (unpaired) electrons. The standard InChI is InChI=1S/C14H14F3N3/c1-2-9-3-4-11(19-8-9)7-12-5-10(14(15,16)17)6-13(18)20-12/h3-6,8H,2,7H2,1H3,(H2,18,20). The predicted molar refractivity (Wildman–Crippen MR) is 70.1 cm³/mol. The van der Waals surface area contributed by atoms with E-state index in [4.69, 9.17) is 5.73 Å².